The minimum Gasteiger partial charge on any atom is -0.272 e. The first-order valence-electron chi connectivity index (χ1n) is 10.0. The van der Waals surface area contributed by atoms with Gasteiger partial charge < -0.3 is 0 Å². The molecule has 0 N–H and O–H groups in total. The van der Waals surface area contributed by atoms with Gasteiger partial charge in [0.2, 0.25) is 0 Å². The molecule has 2 aromatic rings. The molecule has 162 valence electrons. The minimum absolute atomic E-state index is 0.00376. The Morgan fingerprint density at radius 3 is 1.83 bits per heavy atom. The van der Waals surface area contributed by atoms with Gasteiger partial charge in [-0.25, -0.2) is 21.1 Å². The predicted molar refractivity (Wildman–Crippen MR) is 115 cm³/mol. The SMILES string of the molecule is CCC[C@H]1CCC(S(=O)(=O)c2ccc(C)cc2)C(=O)N1S(=O)(=O)c1ccc(C)cc1. The lowest BCUT2D eigenvalue weighted by Crippen LogP contribution is -2.54. The number of nitrogens with zero attached hydrogens (tertiary/aromatic N) is 1. The number of benzene rings is 2. The molecule has 30 heavy (non-hydrogen) atoms. The van der Waals surface area contributed by atoms with Crippen LogP contribution in [0.15, 0.2) is 58.3 Å². The second-order valence-electron chi connectivity index (χ2n) is 7.82. The normalized spacial score (nSPS) is 20.4. The molecule has 2 atom stereocenters. The maximum atomic E-state index is 13.4. The van der Waals surface area contributed by atoms with Crippen LogP contribution < -0.4 is 0 Å². The first-order valence-corrected chi connectivity index (χ1v) is 13.0. The molecule has 1 amide bonds. The Bertz CT molecular complexity index is 1120. The molecule has 0 radical (unpaired) electrons. The summed E-state index contributed by atoms with van der Waals surface area (Å²) < 4.78 is 53.9. The number of carbonyl (C=O) groups is 1. The molecule has 6 nitrogen and oxygen atoms in total. The van der Waals surface area contributed by atoms with Crippen molar-refractivity contribution in [3.8, 4) is 0 Å². The summed E-state index contributed by atoms with van der Waals surface area (Å²) in [5.74, 6) is -0.860. The lowest BCUT2D eigenvalue weighted by molar-refractivity contribution is -0.129. The van der Waals surface area contributed by atoms with Crippen molar-refractivity contribution in [2.24, 2.45) is 0 Å². The first kappa shape index (κ1) is 22.5. The molecule has 0 aliphatic carbocycles. The summed E-state index contributed by atoms with van der Waals surface area (Å²) in [7, 11) is -8.17. The van der Waals surface area contributed by atoms with E-state index in [1.54, 1.807) is 24.3 Å². The Kier molecular flexibility index (Phi) is 6.38. The van der Waals surface area contributed by atoms with Gasteiger partial charge in [0.1, 0.15) is 5.25 Å². The van der Waals surface area contributed by atoms with Crippen LogP contribution in [0.5, 0.6) is 0 Å². The molecule has 2 aromatic carbocycles. The number of rotatable bonds is 6. The third kappa shape index (κ3) is 4.16. The van der Waals surface area contributed by atoms with E-state index in [0.717, 1.165) is 15.4 Å². The largest absolute Gasteiger partial charge is 0.272 e. The Labute approximate surface area is 178 Å². The highest BCUT2D eigenvalue weighted by molar-refractivity contribution is 7.93. The number of amides is 1. The van der Waals surface area contributed by atoms with Crippen LogP contribution in [-0.4, -0.2) is 38.3 Å². The van der Waals surface area contributed by atoms with Gasteiger partial charge in [-0.2, -0.15) is 0 Å². The van der Waals surface area contributed by atoms with Crippen molar-refractivity contribution >= 4 is 25.8 Å². The van der Waals surface area contributed by atoms with E-state index in [1.165, 1.54) is 24.3 Å². The van der Waals surface area contributed by atoms with Gasteiger partial charge in [0.05, 0.1) is 9.79 Å². The van der Waals surface area contributed by atoms with Crippen molar-refractivity contribution in [1.29, 1.82) is 0 Å². The second-order valence-corrected chi connectivity index (χ2v) is 11.8. The van der Waals surface area contributed by atoms with Crippen molar-refractivity contribution in [3.05, 3.63) is 59.7 Å². The van der Waals surface area contributed by atoms with Crippen LogP contribution in [0.4, 0.5) is 0 Å². The van der Waals surface area contributed by atoms with Crippen molar-refractivity contribution in [2.45, 2.75) is 67.5 Å². The standard InChI is InChI=1S/C22H27NO5S2/c1-4-5-18-10-15-21(29(25,26)19-11-6-16(2)7-12-19)22(24)23(18)30(27,28)20-13-8-17(3)9-14-20/h6-9,11-14,18,21H,4-5,10,15H2,1-3H3/t18-,21?/m0/s1. The molecule has 0 spiro atoms. The van der Waals surface area contributed by atoms with Gasteiger partial charge >= 0.3 is 0 Å². The quantitative estimate of drug-likeness (QED) is 0.672. The number of aryl methyl sites for hydroxylation is 2. The lowest BCUT2D eigenvalue weighted by Gasteiger charge is -2.38. The van der Waals surface area contributed by atoms with E-state index in [1.807, 2.05) is 20.8 Å². The van der Waals surface area contributed by atoms with Crippen molar-refractivity contribution in [3.63, 3.8) is 0 Å². The van der Waals surface area contributed by atoms with Crippen molar-refractivity contribution < 1.29 is 21.6 Å². The van der Waals surface area contributed by atoms with Crippen molar-refractivity contribution in [1.82, 2.24) is 4.31 Å². The summed E-state index contributed by atoms with van der Waals surface area (Å²) >= 11 is 0. The van der Waals surface area contributed by atoms with Crippen LogP contribution in [0.1, 0.15) is 43.7 Å². The fourth-order valence-corrected chi connectivity index (χ4v) is 7.23. The molecule has 1 heterocycles. The van der Waals surface area contributed by atoms with Gasteiger partial charge in [0.15, 0.2) is 9.84 Å². The highest BCUT2D eigenvalue weighted by Crippen LogP contribution is 2.33. The number of sulfone groups is 1. The Hall–Kier alpha value is -2.19. The third-order valence-corrected chi connectivity index (χ3v) is 9.49. The summed E-state index contributed by atoms with van der Waals surface area (Å²) in [6.45, 7) is 5.59. The zero-order valence-electron chi connectivity index (χ0n) is 17.4. The molecule has 1 saturated heterocycles. The molecular formula is C22H27NO5S2. The van der Waals surface area contributed by atoms with Crippen LogP contribution >= 0.6 is 0 Å². The van der Waals surface area contributed by atoms with Gasteiger partial charge in [-0.05, 0) is 57.4 Å². The van der Waals surface area contributed by atoms with E-state index in [0.29, 0.717) is 19.3 Å². The molecule has 1 unspecified atom stereocenters. The fourth-order valence-electron chi connectivity index (χ4n) is 3.82. The van der Waals surface area contributed by atoms with Gasteiger partial charge in [0, 0.05) is 6.04 Å². The summed E-state index contributed by atoms with van der Waals surface area (Å²) in [6.07, 6.45) is 1.61. The molecular weight excluding hydrogens is 422 g/mol. The Morgan fingerprint density at radius 2 is 1.33 bits per heavy atom. The number of piperidine rings is 1. The number of carbonyl (C=O) groups excluding carboxylic acids is 1. The zero-order chi connectivity index (χ0) is 22.1. The van der Waals surface area contributed by atoms with E-state index in [2.05, 4.69) is 0 Å². The van der Waals surface area contributed by atoms with Crippen LogP contribution in [0, 0.1) is 13.8 Å². The van der Waals surface area contributed by atoms with Crippen LogP contribution in [0.3, 0.4) is 0 Å². The van der Waals surface area contributed by atoms with E-state index in [4.69, 9.17) is 0 Å². The lowest BCUT2D eigenvalue weighted by atomic mass is 10.00. The zero-order valence-corrected chi connectivity index (χ0v) is 19.0. The smallest absolute Gasteiger partial charge is 0.266 e. The van der Waals surface area contributed by atoms with Gasteiger partial charge in [-0.15, -0.1) is 0 Å². The maximum absolute atomic E-state index is 13.4. The molecule has 8 heteroatoms. The number of hydrogen-bond donors (Lipinski definition) is 0. The first-order chi connectivity index (χ1) is 14.1. The number of sulfonamides is 1. The van der Waals surface area contributed by atoms with Crippen LogP contribution in [0.2, 0.25) is 0 Å². The molecule has 1 fully saturated rings. The second kappa shape index (κ2) is 8.51. The molecule has 1 aliphatic rings. The summed E-state index contributed by atoms with van der Waals surface area (Å²) in [5.41, 5.74) is 1.79. The van der Waals surface area contributed by atoms with Gasteiger partial charge in [-0.3, -0.25) is 4.79 Å². The minimum atomic E-state index is -4.16. The average molecular weight is 450 g/mol. The number of hydrogen-bond acceptors (Lipinski definition) is 5. The molecule has 0 saturated carbocycles. The summed E-state index contributed by atoms with van der Waals surface area (Å²) in [4.78, 5) is 13.4. The highest BCUT2D eigenvalue weighted by Gasteiger charge is 2.47. The maximum Gasteiger partial charge on any atom is 0.266 e. The van der Waals surface area contributed by atoms with Crippen LogP contribution in [0.25, 0.3) is 0 Å². The fraction of sp³-hybridized carbons (Fsp3) is 0.409. The molecule has 3 rings (SSSR count). The Balaban J connectivity index is 2.04. The summed E-state index contributed by atoms with van der Waals surface area (Å²) in [6, 6.07) is 12.0. The molecule has 0 bridgehead atoms. The Morgan fingerprint density at radius 1 is 0.833 bits per heavy atom. The third-order valence-electron chi connectivity index (χ3n) is 5.51. The highest BCUT2D eigenvalue weighted by atomic mass is 32.2. The van der Waals surface area contributed by atoms with Gasteiger partial charge in [-0.1, -0.05) is 48.7 Å². The monoisotopic (exact) mass is 449 g/mol. The van der Waals surface area contributed by atoms with Crippen molar-refractivity contribution in [2.75, 3.05) is 0 Å². The predicted octanol–water partition coefficient (Wildman–Crippen LogP) is 3.63. The average Bonchev–Trinajstić information content (AvgIpc) is 2.68. The van der Waals surface area contributed by atoms with E-state index in [9.17, 15) is 21.6 Å². The van der Waals surface area contributed by atoms with Gasteiger partial charge in [0.25, 0.3) is 15.9 Å². The topological polar surface area (TPSA) is 88.6 Å². The summed E-state index contributed by atoms with van der Waals surface area (Å²) in [5, 5.41) is -1.41. The van der Waals surface area contributed by atoms with E-state index in [-0.39, 0.29) is 16.2 Å². The van der Waals surface area contributed by atoms with E-state index < -0.39 is 37.1 Å². The molecule has 0 aromatic heterocycles. The van der Waals surface area contributed by atoms with E-state index >= 15 is 0 Å². The molecule has 1 aliphatic heterocycles. The van der Waals surface area contributed by atoms with Crippen LogP contribution in [-0.2, 0) is 24.7 Å².